The Bertz CT molecular complexity index is 683. The zero-order chi connectivity index (χ0) is 19.6. The number of piperidine rings is 2. The van der Waals surface area contributed by atoms with E-state index < -0.39 is 5.41 Å². The molecule has 1 N–H and O–H groups in total. The van der Waals surface area contributed by atoms with E-state index in [1.54, 1.807) is 6.33 Å². The molecule has 2 aliphatic rings. The van der Waals surface area contributed by atoms with Crippen molar-refractivity contribution in [1.82, 2.24) is 29.9 Å². The van der Waals surface area contributed by atoms with Crippen LogP contribution >= 0.6 is 0 Å². The van der Waals surface area contributed by atoms with Crippen LogP contribution in [0.2, 0.25) is 0 Å². The van der Waals surface area contributed by atoms with Crippen LogP contribution in [-0.4, -0.2) is 61.7 Å². The third-order valence-electron chi connectivity index (χ3n) is 6.09. The molecule has 0 radical (unpaired) electrons. The molecule has 1 aromatic rings. The normalized spacial score (nSPS) is 26.1. The lowest BCUT2D eigenvalue weighted by molar-refractivity contribution is -0.154. The van der Waals surface area contributed by atoms with E-state index in [2.05, 4.69) is 15.5 Å². The SMILES string of the molecule is CCn1cnnc1CN1CCC[C@@]2(CCCN(C(=O)NC(C)C)[C@@H]2C)C1=O. The van der Waals surface area contributed by atoms with Gasteiger partial charge in [-0.3, -0.25) is 4.79 Å². The number of amides is 3. The number of nitrogens with zero attached hydrogens (tertiary/aromatic N) is 5. The first-order chi connectivity index (χ1) is 12.9. The average Bonchev–Trinajstić information content (AvgIpc) is 3.07. The Kier molecular flexibility index (Phi) is 5.72. The molecule has 3 heterocycles. The Hall–Kier alpha value is -2.12. The van der Waals surface area contributed by atoms with Gasteiger partial charge in [0.2, 0.25) is 5.91 Å². The number of hydrogen-bond acceptors (Lipinski definition) is 4. The third-order valence-corrected chi connectivity index (χ3v) is 6.09. The van der Waals surface area contributed by atoms with Crippen molar-refractivity contribution in [2.75, 3.05) is 13.1 Å². The summed E-state index contributed by atoms with van der Waals surface area (Å²) in [7, 11) is 0. The van der Waals surface area contributed by atoms with Crippen LogP contribution in [0.4, 0.5) is 4.79 Å². The van der Waals surface area contributed by atoms with Gasteiger partial charge in [-0.05, 0) is 53.4 Å². The Morgan fingerprint density at radius 2 is 2.04 bits per heavy atom. The predicted octanol–water partition coefficient (Wildman–Crippen LogP) is 2.01. The summed E-state index contributed by atoms with van der Waals surface area (Å²) in [5.41, 5.74) is -0.484. The van der Waals surface area contributed by atoms with Crippen molar-refractivity contribution in [2.45, 2.75) is 78.6 Å². The van der Waals surface area contributed by atoms with Gasteiger partial charge in [0.25, 0.3) is 0 Å². The van der Waals surface area contributed by atoms with Gasteiger partial charge in [0.1, 0.15) is 6.33 Å². The molecule has 0 saturated carbocycles. The number of hydrogen-bond donors (Lipinski definition) is 1. The molecule has 1 aromatic heterocycles. The van der Waals surface area contributed by atoms with Gasteiger partial charge in [0.05, 0.1) is 12.0 Å². The zero-order valence-electron chi connectivity index (χ0n) is 16.9. The zero-order valence-corrected chi connectivity index (χ0v) is 16.9. The van der Waals surface area contributed by atoms with Crippen molar-refractivity contribution >= 4 is 11.9 Å². The maximum absolute atomic E-state index is 13.5. The number of rotatable bonds is 4. The van der Waals surface area contributed by atoms with Crippen LogP contribution in [0, 0.1) is 5.41 Å². The minimum Gasteiger partial charge on any atom is -0.336 e. The fourth-order valence-corrected chi connectivity index (χ4v) is 4.59. The van der Waals surface area contributed by atoms with Crippen molar-refractivity contribution < 1.29 is 9.59 Å². The Morgan fingerprint density at radius 1 is 1.33 bits per heavy atom. The van der Waals surface area contributed by atoms with Crippen molar-refractivity contribution in [1.29, 1.82) is 0 Å². The van der Waals surface area contributed by atoms with Gasteiger partial charge in [-0.2, -0.15) is 0 Å². The first kappa shape index (κ1) is 19.6. The van der Waals surface area contributed by atoms with Gasteiger partial charge in [-0.25, -0.2) is 4.79 Å². The Morgan fingerprint density at radius 3 is 2.70 bits per heavy atom. The van der Waals surface area contributed by atoms with Crippen LogP contribution in [0.25, 0.3) is 0 Å². The minimum atomic E-state index is -0.484. The van der Waals surface area contributed by atoms with E-state index in [1.807, 2.05) is 42.1 Å². The monoisotopic (exact) mass is 376 g/mol. The second-order valence-electron chi connectivity index (χ2n) is 8.10. The lowest BCUT2D eigenvalue weighted by Crippen LogP contribution is -2.63. The molecule has 0 aliphatic carbocycles. The number of likely N-dealkylation sites (tertiary alicyclic amines) is 2. The Balaban J connectivity index is 1.79. The molecule has 3 rings (SSSR count). The number of urea groups is 1. The maximum Gasteiger partial charge on any atom is 0.317 e. The molecule has 3 amide bonds. The van der Waals surface area contributed by atoms with E-state index in [1.165, 1.54) is 0 Å². The van der Waals surface area contributed by atoms with Crippen LogP contribution in [-0.2, 0) is 17.9 Å². The molecular formula is C19H32N6O2. The number of carbonyl (C=O) groups excluding carboxylic acids is 2. The van der Waals surface area contributed by atoms with Crippen LogP contribution < -0.4 is 5.32 Å². The molecular weight excluding hydrogens is 344 g/mol. The van der Waals surface area contributed by atoms with Crippen LogP contribution in [0.5, 0.6) is 0 Å². The van der Waals surface area contributed by atoms with Gasteiger partial charge < -0.3 is 19.7 Å². The molecule has 2 saturated heterocycles. The van der Waals surface area contributed by atoms with Crippen LogP contribution in [0.1, 0.15) is 59.2 Å². The standard InChI is InChI=1S/C19H32N6O2/c1-5-23-13-20-22-16(23)12-24-10-6-8-19(17(24)26)9-7-11-25(15(19)4)18(27)21-14(2)3/h13-15H,5-12H2,1-4H3,(H,21,27)/t15-,19+/m1/s1. The molecule has 150 valence electrons. The fourth-order valence-electron chi connectivity index (χ4n) is 4.59. The van der Waals surface area contributed by atoms with E-state index >= 15 is 0 Å². The van der Waals surface area contributed by atoms with E-state index in [4.69, 9.17) is 0 Å². The lowest BCUT2D eigenvalue weighted by Gasteiger charge is -2.51. The summed E-state index contributed by atoms with van der Waals surface area (Å²) in [5, 5.41) is 11.2. The summed E-state index contributed by atoms with van der Waals surface area (Å²) < 4.78 is 1.97. The lowest BCUT2D eigenvalue weighted by atomic mass is 9.68. The quantitative estimate of drug-likeness (QED) is 0.871. The van der Waals surface area contributed by atoms with Gasteiger partial charge >= 0.3 is 6.03 Å². The molecule has 0 bridgehead atoms. The van der Waals surface area contributed by atoms with Crippen molar-refractivity contribution in [2.24, 2.45) is 5.41 Å². The molecule has 2 fully saturated rings. The summed E-state index contributed by atoms with van der Waals surface area (Å²) in [4.78, 5) is 30.0. The highest BCUT2D eigenvalue weighted by atomic mass is 16.2. The third kappa shape index (κ3) is 3.66. The molecule has 0 aromatic carbocycles. The average molecular weight is 377 g/mol. The van der Waals surface area contributed by atoms with Crippen molar-refractivity contribution in [3.8, 4) is 0 Å². The van der Waals surface area contributed by atoms with Gasteiger partial charge in [0, 0.05) is 31.7 Å². The number of nitrogens with one attached hydrogen (secondary N) is 1. The van der Waals surface area contributed by atoms with E-state index in [9.17, 15) is 9.59 Å². The highest BCUT2D eigenvalue weighted by Gasteiger charge is 2.52. The van der Waals surface area contributed by atoms with Crippen molar-refractivity contribution in [3.05, 3.63) is 12.2 Å². The van der Waals surface area contributed by atoms with E-state index in [-0.39, 0.29) is 24.0 Å². The predicted molar refractivity (Wildman–Crippen MR) is 102 cm³/mol. The van der Waals surface area contributed by atoms with Crippen LogP contribution in [0.3, 0.4) is 0 Å². The molecule has 2 aliphatic heterocycles. The van der Waals surface area contributed by atoms with E-state index in [0.717, 1.165) is 44.6 Å². The number of aromatic nitrogens is 3. The molecule has 27 heavy (non-hydrogen) atoms. The summed E-state index contributed by atoms with van der Waals surface area (Å²) in [5.74, 6) is 0.981. The van der Waals surface area contributed by atoms with Gasteiger partial charge in [0.15, 0.2) is 5.82 Å². The summed E-state index contributed by atoms with van der Waals surface area (Å²) in [6, 6.07) is -0.0851. The topological polar surface area (TPSA) is 83.4 Å². The Labute approximate surface area is 161 Å². The second kappa shape index (κ2) is 7.86. The van der Waals surface area contributed by atoms with Crippen molar-refractivity contribution in [3.63, 3.8) is 0 Å². The molecule has 0 unspecified atom stereocenters. The molecule has 8 nitrogen and oxygen atoms in total. The first-order valence-corrected chi connectivity index (χ1v) is 10.1. The fraction of sp³-hybridized carbons (Fsp3) is 0.789. The summed E-state index contributed by atoms with van der Waals surface area (Å²) >= 11 is 0. The molecule has 1 spiro atoms. The molecule has 8 heteroatoms. The summed E-state index contributed by atoms with van der Waals surface area (Å²) in [6.45, 7) is 10.7. The molecule has 2 atom stereocenters. The number of carbonyl (C=O) groups is 2. The smallest absolute Gasteiger partial charge is 0.317 e. The first-order valence-electron chi connectivity index (χ1n) is 10.1. The largest absolute Gasteiger partial charge is 0.336 e. The maximum atomic E-state index is 13.5. The highest BCUT2D eigenvalue weighted by Crippen LogP contribution is 2.44. The van der Waals surface area contributed by atoms with Crippen LogP contribution in [0.15, 0.2) is 6.33 Å². The summed E-state index contributed by atoms with van der Waals surface area (Å²) in [6.07, 6.45) is 5.21. The van der Waals surface area contributed by atoms with Gasteiger partial charge in [-0.1, -0.05) is 0 Å². The van der Waals surface area contributed by atoms with E-state index in [0.29, 0.717) is 13.1 Å². The number of aryl methyl sites for hydroxylation is 1. The highest BCUT2D eigenvalue weighted by molar-refractivity contribution is 5.86. The second-order valence-corrected chi connectivity index (χ2v) is 8.10. The van der Waals surface area contributed by atoms with Gasteiger partial charge in [-0.15, -0.1) is 10.2 Å². The minimum absolute atomic E-state index is 0.0628.